The first kappa shape index (κ1) is 13.1. The van der Waals surface area contributed by atoms with Crippen LogP contribution in [-0.2, 0) is 0 Å². The lowest BCUT2D eigenvalue weighted by Gasteiger charge is -2.19. The van der Waals surface area contributed by atoms with Gasteiger partial charge in [-0.15, -0.1) is 0 Å². The van der Waals surface area contributed by atoms with Crippen molar-refractivity contribution in [2.45, 2.75) is 13.0 Å². The van der Waals surface area contributed by atoms with Crippen molar-refractivity contribution < 1.29 is 4.39 Å². The average Bonchev–Trinajstić information content (AvgIpc) is 2.37. The normalized spacial score (nSPS) is 12.4. The Morgan fingerprint density at radius 3 is 2.78 bits per heavy atom. The third-order valence-corrected chi connectivity index (χ3v) is 3.90. The van der Waals surface area contributed by atoms with Crippen molar-refractivity contribution in [1.82, 2.24) is 10.4 Å². The van der Waals surface area contributed by atoms with Gasteiger partial charge in [0.25, 0.3) is 0 Å². The van der Waals surface area contributed by atoms with E-state index in [1.165, 1.54) is 6.20 Å². The zero-order valence-corrected chi connectivity index (χ0v) is 11.4. The Bertz CT molecular complexity index is 560. The van der Waals surface area contributed by atoms with Crippen molar-refractivity contribution in [2.24, 2.45) is 5.84 Å². The summed E-state index contributed by atoms with van der Waals surface area (Å²) in [6.07, 6.45) is 2.73. The summed E-state index contributed by atoms with van der Waals surface area (Å²) < 4.78 is 14.7. The highest BCUT2D eigenvalue weighted by atomic mass is 79.9. The molecule has 0 aliphatic carbocycles. The molecular weight excluding hydrogens is 297 g/mol. The molecule has 2 aromatic rings. The van der Waals surface area contributed by atoms with Crippen LogP contribution in [-0.4, -0.2) is 4.98 Å². The zero-order chi connectivity index (χ0) is 13.1. The molecule has 1 unspecified atom stereocenters. The molecule has 5 heteroatoms. The number of benzene rings is 1. The van der Waals surface area contributed by atoms with Gasteiger partial charge < -0.3 is 0 Å². The minimum absolute atomic E-state index is 0.381. The van der Waals surface area contributed by atoms with Gasteiger partial charge in [0, 0.05) is 16.2 Å². The summed E-state index contributed by atoms with van der Waals surface area (Å²) in [6, 6.07) is 7.00. The van der Waals surface area contributed by atoms with Crippen LogP contribution in [0, 0.1) is 12.7 Å². The number of nitrogens with two attached hydrogens (primary N) is 1. The summed E-state index contributed by atoms with van der Waals surface area (Å²) in [5.74, 6) is 5.19. The molecule has 2 rings (SSSR count). The van der Waals surface area contributed by atoms with Gasteiger partial charge in [0.1, 0.15) is 5.82 Å². The number of hydrogen-bond acceptors (Lipinski definition) is 3. The second-order valence-corrected chi connectivity index (χ2v) is 4.77. The molecule has 0 saturated carbocycles. The summed E-state index contributed by atoms with van der Waals surface area (Å²) in [5, 5.41) is 0. The van der Waals surface area contributed by atoms with E-state index in [2.05, 4.69) is 26.3 Å². The number of pyridine rings is 1. The van der Waals surface area contributed by atoms with Crippen LogP contribution in [0.5, 0.6) is 0 Å². The smallest absolute Gasteiger partial charge is 0.146 e. The first-order valence-corrected chi connectivity index (χ1v) is 6.25. The van der Waals surface area contributed by atoms with E-state index in [0.29, 0.717) is 5.56 Å². The molecule has 0 aliphatic rings. The second-order valence-electron chi connectivity index (χ2n) is 3.97. The molecule has 1 aromatic carbocycles. The molecule has 0 saturated heterocycles. The van der Waals surface area contributed by atoms with E-state index >= 15 is 0 Å². The molecule has 1 heterocycles. The van der Waals surface area contributed by atoms with E-state index in [9.17, 15) is 4.39 Å². The number of nitrogens with one attached hydrogen (secondary N) is 1. The number of aryl methyl sites for hydroxylation is 1. The van der Waals surface area contributed by atoms with Gasteiger partial charge in [-0.05, 0) is 24.1 Å². The maximum atomic E-state index is 13.8. The van der Waals surface area contributed by atoms with Crippen molar-refractivity contribution in [1.29, 1.82) is 0 Å². The van der Waals surface area contributed by atoms with E-state index in [4.69, 9.17) is 5.84 Å². The lowest BCUT2D eigenvalue weighted by molar-refractivity contribution is 0.554. The largest absolute Gasteiger partial charge is 0.271 e. The Hall–Kier alpha value is -1.30. The lowest BCUT2D eigenvalue weighted by Crippen LogP contribution is -2.30. The summed E-state index contributed by atoms with van der Waals surface area (Å²) in [6.45, 7) is 1.98. The van der Waals surface area contributed by atoms with Gasteiger partial charge in [-0.3, -0.25) is 10.8 Å². The van der Waals surface area contributed by atoms with Gasteiger partial charge >= 0.3 is 0 Å². The standard InChI is InChI=1S/C13H13BrFN3/c1-8-3-2-4-10(12(8)14)13(18-16)9-5-6-17-7-11(9)15/h2-7,13,18H,16H2,1H3. The summed E-state index contributed by atoms with van der Waals surface area (Å²) in [5.41, 5.74) is 5.08. The van der Waals surface area contributed by atoms with E-state index in [-0.39, 0.29) is 5.82 Å². The third-order valence-electron chi connectivity index (χ3n) is 2.81. The fourth-order valence-electron chi connectivity index (χ4n) is 1.86. The highest BCUT2D eigenvalue weighted by molar-refractivity contribution is 9.10. The van der Waals surface area contributed by atoms with E-state index in [1.54, 1.807) is 12.3 Å². The molecule has 3 nitrogen and oxygen atoms in total. The maximum Gasteiger partial charge on any atom is 0.146 e. The fourth-order valence-corrected chi connectivity index (χ4v) is 2.35. The lowest BCUT2D eigenvalue weighted by atomic mass is 9.98. The number of rotatable bonds is 3. The Morgan fingerprint density at radius 1 is 1.33 bits per heavy atom. The second kappa shape index (κ2) is 5.56. The van der Waals surface area contributed by atoms with Crippen LogP contribution >= 0.6 is 15.9 Å². The van der Waals surface area contributed by atoms with Crippen LogP contribution in [0.4, 0.5) is 4.39 Å². The highest BCUT2D eigenvalue weighted by Crippen LogP contribution is 2.31. The monoisotopic (exact) mass is 309 g/mol. The predicted octanol–water partition coefficient (Wildman–Crippen LogP) is 2.84. The van der Waals surface area contributed by atoms with Crippen molar-refractivity contribution >= 4 is 15.9 Å². The topological polar surface area (TPSA) is 50.9 Å². The molecule has 1 aromatic heterocycles. The number of aromatic nitrogens is 1. The molecule has 94 valence electrons. The van der Waals surface area contributed by atoms with Gasteiger partial charge in [-0.2, -0.15) is 0 Å². The van der Waals surface area contributed by atoms with Gasteiger partial charge in [0.2, 0.25) is 0 Å². The molecular formula is C13H13BrFN3. The van der Waals surface area contributed by atoms with Gasteiger partial charge in [-0.25, -0.2) is 9.82 Å². The molecule has 18 heavy (non-hydrogen) atoms. The molecule has 0 fully saturated rings. The van der Waals surface area contributed by atoms with Gasteiger partial charge in [0.05, 0.1) is 12.2 Å². The highest BCUT2D eigenvalue weighted by Gasteiger charge is 2.19. The Labute approximate surface area is 113 Å². The Kier molecular flexibility index (Phi) is 4.06. The minimum atomic E-state index is -0.415. The van der Waals surface area contributed by atoms with Crippen LogP contribution in [0.2, 0.25) is 0 Å². The molecule has 0 bridgehead atoms. The van der Waals surface area contributed by atoms with Crippen molar-refractivity contribution in [3.05, 3.63) is 63.6 Å². The van der Waals surface area contributed by atoms with Crippen molar-refractivity contribution in [3.8, 4) is 0 Å². The molecule has 3 N–H and O–H groups in total. The molecule has 0 aliphatic heterocycles. The first-order chi connectivity index (χ1) is 8.65. The van der Waals surface area contributed by atoms with Crippen LogP contribution < -0.4 is 11.3 Å². The Balaban J connectivity index is 2.53. The maximum absolute atomic E-state index is 13.8. The average molecular weight is 310 g/mol. The summed E-state index contributed by atoms with van der Waals surface area (Å²) in [7, 11) is 0. The van der Waals surface area contributed by atoms with E-state index < -0.39 is 6.04 Å². The zero-order valence-electron chi connectivity index (χ0n) is 9.82. The van der Waals surface area contributed by atoms with E-state index in [1.807, 2.05) is 25.1 Å². The Morgan fingerprint density at radius 2 is 2.11 bits per heavy atom. The number of nitrogens with zero attached hydrogens (tertiary/aromatic N) is 1. The quantitative estimate of drug-likeness (QED) is 0.677. The van der Waals surface area contributed by atoms with Crippen molar-refractivity contribution in [3.63, 3.8) is 0 Å². The molecule has 1 atom stereocenters. The van der Waals surface area contributed by atoms with E-state index in [0.717, 1.165) is 15.6 Å². The van der Waals surface area contributed by atoms with Crippen LogP contribution in [0.3, 0.4) is 0 Å². The molecule has 0 spiro atoms. The van der Waals surface area contributed by atoms with Gasteiger partial charge in [0.15, 0.2) is 0 Å². The number of hydrazine groups is 1. The number of halogens is 2. The minimum Gasteiger partial charge on any atom is -0.271 e. The summed E-state index contributed by atoms with van der Waals surface area (Å²) in [4.78, 5) is 3.74. The first-order valence-electron chi connectivity index (χ1n) is 5.45. The fraction of sp³-hybridized carbons (Fsp3) is 0.154. The van der Waals surface area contributed by atoms with Crippen molar-refractivity contribution in [2.75, 3.05) is 0 Å². The number of hydrogen-bond donors (Lipinski definition) is 2. The SMILES string of the molecule is Cc1cccc(C(NN)c2ccncc2F)c1Br. The van der Waals surface area contributed by atoms with Gasteiger partial charge in [-0.1, -0.05) is 34.1 Å². The molecule has 0 amide bonds. The third kappa shape index (κ3) is 2.43. The summed E-state index contributed by atoms with van der Waals surface area (Å²) >= 11 is 3.51. The predicted molar refractivity (Wildman–Crippen MR) is 72.2 cm³/mol. The molecule has 0 radical (unpaired) electrons. The van der Waals surface area contributed by atoms with Crippen LogP contribution in [0.15, 0.2) is 41.1 Å². The van der Waals surface area contributed by atoms with Crippen LogP contribution in [0.1, 0.15) is 22.7 Å². The van der Waals surface area contributed by atoms with Crippen LogP contribution in [0.25, 0.3) is 0 Å².